The molecule has 2 aromatic rings. The maximum absolute atomic E-state index is 2.49. The van der Waals surface area contributed by atoms with Gasteiger partial charge >= 0.3 is 0 Å². The van der Waals surface area contributed by atoms with Crippen molar-refractivity contribution >= 4 is 50.9 Å². The highest BCUT2D eigenvalue weighted by molar-refractivity contribution is 14.1. The molecular weight excluding hydrogens is 460 g/mol. The molecule has 1 nitrogen and oxygen atoms in total. The van der Waals surface area contributed by atoms with Gasteiger partial charge in [0.25, 0.3) is 0 Å². The maximum Gasteiger partial charge on any atom is 0.0446 e. The van der Waals surface area contributed by atoms with Crippen LogP contribution >= 0.6 is 45.2 Å². The number of anilines is 1. The van der Waals surface area contributed by atoms with E-state index in [1.54, 1.807) is 0 Å². The third-order valence-electron chi connectivity index (χ3n) is 3.04. The normalized spacial score (nSPS) is 10.4. The zero-order chi connectivity index (χ0) is 13.5. The molecule has 0 heterocycles. The van der Waals surface area contributed by atoms with E-state index in [0.717, 1.165) is 21.9 Å². The summed E-state index contributed by atoms with van der Waals surface area (Å²) in [5, 5.41) is 0. The Morgan fingerprint density at radius 1 is 0.737 bits per heavy atom. The zero-order valence-electron chi connectivity index (χ0n) is 10.7. The molecule has 0 atom stereocenters. The first-order valence-electron chi connectivity index (χ1n) is 6.38. The van der Waals surface area contributed by atoms with Gasteiger partial charge in [0.05, 0.1) is 0 Å². The quantitative estimate of drug-likeness (QED) is 0.417. The molecule has 0 unspecified atom stereocenters. The molecule has 2 aromatic carbocycles. The SMILES string of the molecule is ICCN(CCI)c1ccccc1-c1ccccc1. The lowest BCUT2D eigenvalue weighted by Gasteiger charge is -2.26. The van der Waals surface area contributed by atoms with Gasteiger partial charge in [-0.1, -0.05) is 93.7 Å². The van der Waals surface area contributed by atoms with Gasteiger partial charge in [0, 0.05) is 33.2 Å². The Balaban J connectivity index is 2.40. The van der Waals surface area contributed by atoms with Crippen molar-refractivity contribution in [3.05, 3.63) is 54.6 Å². The minimum Gasteiger partial charge on any atom is -0.369 e. The van der Waals surface area contributed by atoms with E-state index in [0.29, 0.717) is 0 Å². The summed E-state index contributed by atoms with van der Waals surface area (Å²) in [4.78, 5) is 2.49. The number of hydrogen-bond donors (Lipinski definition) is 0. The maximum atomic E-state index is 2.49. The molecule has 100 valence electrons. The third kappa shape index (κ3) is 4.08. The topological polar surface area (TPSA) is 3.24 Å². The van der Waals surface area contributed by atoms with Crippen molar-refractivity contribution in [2.24, 2.45) is 0 Å². The number of para-hydroxylation sites is 1. The van der Waals surface area contributed by atoms with Gasteiger partial charge in [-0.05, 0) is 11.6 Å². The summed E-state index contributed by atoms with van der Waals surface area (Å²) in [6.07, 6.45) is 0. The smallest absolute Gasteiger partial charge is 0.0446 e. The number of alkyl halides is 2. The molecule has 0 amide bonds. The minimum atomic E-state index is 1.10. The van der Waals surface area contributed by atoms with E-state index in [9.17, 15) is 0 Å². The zero-order valence-corrected chi connectivity index (χ0v) is 15.0. The summed E-state index contributed by atoms with van der Waals surface area (Å²) in [6, 6.07) is 19.4. The summed E-state index contributed by atoms with van der Waals surface area (Å²) in [7, 11) is 0. The fourth-order valence-electron chi connectivity index (χ4n) is 2.17. The highest BCUT2D eigenvalue weighted by atomic mass is 127. The van der Waals surface area contributed by atoms with E-state index < -0.39 is 0 Å². The van der Waals surface area contributed by atoms with Crippen molar-refractivity contribution in [2.75, 3.05) is 26.8 Å². The van der Waals surface area contributed by atoms with Crippen molar-refractivity contribution in [2.45, 2.75) is 0 Å². The predicted octanol–water partition coefficient (Wildman–Crippen LogP) is 5.03. The Morgan fingerprint density at radius 3 is 1.95 bits per heavy atom. The number of benzene rings is 2. The summed E-state index contributed by atoms with van der Waals surface area (Å²) in [6.45, 7) is 2.21. The van der Waals surface area contributed by atoms with Crippen LogP contribution in [0.4, 0.5) is 5.69 Å². The van der Waals surface area contributed by atoms with E-state index in [4.69, 9.17) is 0 Å². The second kappa shape index (κ2) is 8.09. The van der Waals surface area contributed by atoms with Crippen LogP contribution < -0.4 is 4.90 Å². The minimum absolute atomic E-state index is 1.10. The number of rotatable bonds is 6. The molecule has 0 bridgehead atoms. The molecule has 0 aliphatic carbocycles. The summed E-state index contributed by atoms with van der Waals surface area (Å²) >= 11 is 4.90. The van der Waals surface area contributed by atoms with Gasteiger partial charge in [-0.3, -0.25) is 0 Å². The summed E-state index contributed by atoms with van der Waals surface area (Å²) < 4.78 is 2.30. The molecule has 0 N–H and O–H groups in total. The fraction of sp³-hybridized carbons (Fsp3) is 0.250. The number of nitrogens with zero attached hydrogens (tertiary/aromatic N) is 1. The van der Waals surface area contributed by atoms with Crippen LogP contribution in [0, 0.1) is 0 Å². The van der Waals surface area contributed by atoms with Gasteiger partial charge in [-0.2, -0.15) is 0 Å². The molecule has 0 saturated carbocycles. The van der Waals surface area contributed by atoms with Crippen LogP contribution in [0.5, 0.6) is 0 Å². The Labute approximate surface area is 142 Å². The van der Waals surface area contributed by atoms with Crippen LogP contribution in [0.15, 0.2) is 54.6 Å². The molecule has 0 radical (unpaired) electrons. The molecular formula is C16H17I2N. The summed E-state index contributed by atoms with van der Waals surface area (Å²) in [5.41, 5.74) is 3.98. The van der Waals surface area contributed by atoms with Crippen molar-refractivity contribution < 1.29 is 0 Å². The van der Waals surface area contributed by atoms with Crippen molar-refractivity contribution in [1.82, 2.24) is 0 Å². The highest BCUT2D eigenvalue weighted by Gasteiger charge is 2.10. The van der Waals surface area contributed by atoms with Crippen LogP contribution in [0.3, 0.4) is 0 Å². The molecule has 3 heteroatoms. The molecule has 0 aromatic heterocycles. The third-order valence-corrected chi connectivity index (χ3v) is 4.00. The van der Waals surface area contributed by atoms with Gasteiger partial charge in [0.2, 0.25) is 0 Å². The Morgan fingerprint density at radius 2 is 1.32 bits per heavy atom. The fourth-order valence-corrected chi connectivity index (χ4v) is 3.33. The van der Waals surface area contributed by atoms with Gasteiger partial charge < -0.3 is 4.90 Å². The molecule has 0 aliphatic heterocycles. The van der Waals surface area contributed by atoms with Crippen molar-refractivity contribution in [3.8, 4) is 11.1 Å². The molecule has 0 spiro atoms. The van der Waals surface area contributed by atoms with Gasteiger partial charge in [-0.15, -0.1) is 0 Å². The van der Waals surface area contributed by atoms with Crippen LogP contribution in [0.2, 0.25) is 0 Å². The van der Waals surface area contributed by atoms with Crippen LogP contribution in [0.25, 0.3) is 11.1 Å². The highest BCUT2D eigenvalue weighted by Crippen LogP contribution is 2.30. The number of halogens is 2. The first-order chi connectivity index (χ1) is 9.36. The Hall–Kier alpha value is -0.300. The van der Waals surface area contributed by atoms with Crippen molar-refractivity contribution in [1.29, 1.82) is 0 Å². The molecule has 0 fully saturated rings. The standard InChI is InChI=1S/C16H17I2N/c17-10-12-19(13-11-18)16-9-5-4-8-15(16)14-6-2-1-3-7-14/h1-9H,10-13H2. The lowest BCUT2D eigenvalue weighted by Crippen LogP contribution is -2.27. The average molecular weight is 477 g/mol. The van der Waals surface area contributed by atoms with Gasteiger partial charge in [-0.25, -0.2) is 0 Å². The largest absolute Gasteiger partial charge is 0.369 e. The van der Waals surface area contributed by atoms with Crippen LogP contribution in [-0.4, -0.2) is 21.9 Å². The van der Waals surface area contributed by atoms with Gasteiger partial charge in [0.1, 0.15) is 0 Å². The first kappa shape index (κ1) is 15.1. The first-order valence-corrected chi connectivity index (χ1v) is 9.43. The average Bonchev–Trinajstić information content (AvgIpc) is 2.48. The van der Waals surface area contributed by atoms with Crippen molar-refractivity contribution in [3.63, 3.8) is 0 Å². The summed E-state index contributed by atoms with van der Waals surface area (Å²) in [5.74, 6) is 0. The van der Waals surface area contributed by atoms with E-state index in [2.05, 4.69) is 105 Å². The van der Waals surface area contributed by atoms with Crippen LogP contribution in [0.1, 0.15) is 0 Å². The predicted molar refractivity (Wildman–Crippen MR) is 102 cm³/mol. The van der Waals surface area contributed by atoms with E-state index in [-0.39, 0.29) is 0 Å². The lowest BCUT2D eigenvalue weighted by molar-refractivity contribution is 0.893. The van der Waals surface area contributed by atoms with E-state index in [1.165, 1.54) is 16.8 Å². The van der Waals surface area contributed by atoms with E-state index in [1.807, 2.05) is 0 Å². The molecule has 2 rings (SSSR count). The second-order valence-electron chi connectivity index (χ2n) is 4.25. The molecule has 19 heavy (non-hydrogen) atoms. The Bertz CT molecular complexity index is 493. The second-order valence-corrected chi connectivity index (χ2v) is 6.41. The lowest BCUT2D eigenvalue weighted by atomic mass is 10.0. The Kier molecular flexibility index (Phi) is 6.43. The van der Waals surface area contributed by atoms with E-state index >= 15 is 0 Å². The van der Waals surface area contributed by atoms with Crippen LogP contribution in [-0.2, 0) is 0 Å². The molecule has 0 aliphatic rings. The number of hydrogen-bond acceptors (Lipinski definition) is 1. The monoisotopic (exact) mass is 477 g/mol. The molecule has 0 saturated heterocycles. The van der Waals surface area contributed by atoms with Gasteiger partial charge in [0.15, 0.2) is 0 Å².